The summed E-state index contributed by atoms with van der Waals surface area (Å²) in [6.45, 7) is 1.96. The Labute approximate surface area is 108 Å². The zero-order chi connectivity index (χ0) is 12.9. The maximum absolute atomic E-state index is 11.9. The second-order valence-electron chi connectivity index (χ2n) is 4.40. The van der Waals surface area contributed by atoms with Gasteiger partial charge < -0.3 is 5.32 Å². The van der Waals surface area contributed by atoms with Crippen LogP contribution in [-0.2, 0) is 16.3 Å². The number of anilines is 1. The minimum absolute atomic E-state index is 0.00253. The van der Waals surface area contributed by atoms with Crippen LogP contribution in [0.5, 0.6) is 0 Å². The highest BCUT2D eigenvalue weighted by Crippen LogP contribution is 2.31. The second kappa shape index (κ2) is 3.89. The minimum atomic E-state index is -3.07. The van der Waals surface area contributed by atoms with Gasteiger partial charge in [0.15, 0.2) is 9.84 Å². The van der Waals surface area contributed by atoms with E-state index in [0.717, 1.165) is 11.4 Å². The number of urea groups is 1. The van der Waals surface area contributed by atoms with Crippen LogP contribution in [0.15, 0.2) is 0 Å². The molecule has 98 valence electrons. The van der Waals surface area contributed by atoms with E-state index in [1.807, 2.05) is 6.92 Å². The van der Waals surface area contributed by atoms with E-state index in [2.05, 4.69) is 15.5 Å². The van der Waals surface area contributed by atoms with Crippen LogP contribution in [0.3, 0.4) is 0 Å². The van der Waals surface area contributed by atoms with Gasteiger partial charge in [-0.15, -0.1) is 10.2 Å². The molecule has 2 saturated heterocycles. The summed E-state index contributed by atoms with van der Waals surface area (Å²) in [7, 11) is -3.07. The maximum atomic E-state index is 11.9. The molecule has 0 aliphatic carbocycles. The fourth-order valence-electron chi connectivity index (χ4n) is 2.31. The number of hydrogen-bond acceptors (Lipinski definition) is 6. The highest BCUT2D eigenvalue weighted by molar-refractivity contribution is 7.91. The fraction of sp³-hybridized carbons (Fsp3) is 0.667. The predicted octanol–water partition coefficient (Wildman–Crippen LogP) is -0.204. The molecule has 2 amide bonds. The molecule has 7 nitrogen and oxygen atoms in total. The highest BCUT2D eigenvalue weighted by atomic mass is 32.2. The third-order valence-electron chi connectivity index (χ3n) is 3.15. The van der Waals surface area contributed by atoms with Gasteiger partial charge in [0.25, 0.3) is 0 Å². The third-order valence-corrected chi connectivity index (χ3v) is 5.93. The molecule has 2 atom stereocenters. The Kier molecular flexibility index (Phi) is 2.56. The average Bonchev–Trinajstić information content (AvgIpc) is 2.90. The zero-order valence-electron chi connectivity index (χ0n) is 9.66. The van der Waals surface area contributed by atoms with Crippen molar-refractivity contribution in [2.45, 2.75) is 25.4 Å². The minimum Gasteiger partial charge on any atom is -0.332 e. The molecule has 2 fully saturated rings. The summed E-state index contributed by atoms with van der Waals surface area (Å²) in [4.78, 5) is 13.3. The van der Waals surface area contributed by atoms with Crippen molar-refractivity contribution in [1.82, 2.24) is 15.5 Å². The molecule has 0 saturated carbocycles. The first kappa shape index (κ1) is 11.8. The molecule has 0 spiro atoms. The number of amides is 2. The molecule has 0 bridgehead atoms. The Morgan fingerprint density at radius 3 is 2.89 bits per heavy atom. The van der Waals surface area contributed by atoms with Crippen LogP contribution in [0.1, 0.15) is 11.9 Å². The Bertz CT molecular complexity index is 597. The second-order valence-corrected chi connectivity index (χ2v) is 7.60. The van der Waals surface area contributed by atoms with Crippen LogP contribution >= 0.6 is 11.3 Å². The Balaban J connectivity index is 1.94. The lowest BCUT2D eigenvalue weighted by Gasteiger charge is -2.16. The van der Waals surface area contributed by atoms with E-state index in [1.165, 1.54) is 16.2 Å². The van der Waals surface area contributed by atoms with Crippen LogP contribution < -0.4 is 10.2 Å². The Morgan fingerprint density at radius 1 is 1.44 bits per heavy atom. The van der Waals surface area contributed by atoms with Crippen LogP contribution in [0.4, 0.5) is 9.93 Å². The number of sulfone groups is 1. The number of carbonyl (C=O) groups is 1. The molecule has 2 aliphatic rings. The van der Waals surface area contributed by atoms with E-state index in [1.54, 1.807) is 0 Å². The van der Waals surface area contributed by atoms with Gasteiger partial charge >= 0.3 is 6.03 Å². The van der Waals surface area contributed by atoms with Crippen molar-refractivity contribution < 1.29 is 13.2 Å². The first-order valence-corrected chi connectivity index (χ1v) is 8.26. The van der Waals surface area contributed by atoms with Crippen LogP contribution in [0, 0.1) is 0 Å². The summed E-state index contributed by atoms with van der Waals surface area (Å²) in [6, 6.07) is -0.949. The van der Waals surface area contributed by atoms with Crippen molar-refractivity contribution in [1.29, 1.82) is 0 Å². The Hall–Kier alpha value is -1.22. The largest absolute Gasteiger partial charge is 0.332 e. The first-order chi connectivity index (χ1) is 8.50. The lowest BCUT2D eigenvalue weighted by Crippen LogP contribution is -2.36. The lowest BCUT2D eigenvalue weighted by molar-refractivity contribution is 0.251. The molecule has 1 aromatic heterocycles. The lowest BCUT2D eigenvalue weighted by atomic mass is 10.2. The molecule has 0 radical (unpaired) electrons. The van der Waals surface area contributed by atoms with Crippen molar-refractivity contribution in [3.8, 4) is 0 Å². The van der Waals surface area contributed by atoms with E-state index in [4.69, 9.17) is 0 Å². The average molecular weight is 288 g/mol. The molecule has 0 aromatic carbocycles. The Morgan fingerprint density at radius 2 is 2.22 bits per heavy atom. The summed E-state index contributed by atoms with van der Waals surface area (Å²) >= 11 is 1.33. The summed E-state index contributed by atoms with van der Waals surface area (Å²) in [5, 5.41) is 11.9. The van der Waals surface area contributed by atoms with Crippen molar-refractivity contribution >= 4 is 32.3 Å². The molecule has 3 rings (SSSR count). The molecule has 1 aromatic rings. The van der Waals surface area contributed by atoms with Gasteiger partial charge in [-0.05, 0) is 6.42 Å². The molecule has 9 heteroatoms. The SMILES string of the molecule is CCc1nnc(N2C(=O)N[C@H]3CS(=O)(=O)C[C@@H]32)s1. The maximum Gasteiger partial charge on any atom is 0.324 e. The van der Waals surface area contributed by atoms with Crippen LogP contribution in [0.25, 0.3) is 0 Å². The number of rotatable bonds is 2. The normalized spacial score (nSPS) is 29.4. The molecule has 1 N–H and O–H groups in total. The van der Waals surface area contributed by atoms with Crippen LogP contribution in [0.2, 0.25) is 0 Å². The number of carbonyl (C=O) groups excluding carboxylic acids is 1. The fourth-order valence-corrected chi connectivity index (χ4v) is 5.04. The topological polar surface area (TPSA) is 92.3 Å². The van der Waals surface area contributed by atoms with E-state index >= 15 is 0 Å². The molecule has 2 aliphatic heterocycles. The number of fused-ring (bicyclic) bond motifs is 1. The van der Waals surface area contributed by atoms with E-state index in [-0.39, 0.29) is 29.6 Å². The summed E-state index contributed by atoms with van der Waals surface area (Å²) in [5.41, 5.74) is 0. The number of nitrogens with one attached hydrogen (secondary N) is 1. The van der Waals surface area contributed by atoms with Gasteiger partial charge in [-0.25, -0.2) is 13.2 Å². The molecule has 18 heavy (non-hydrogen) atoms. The van der Waals surface area contributed by atoms with Crippen molar-refractivity contribution in [2.24, 2.45) is 0 Å². The number of hydrogen-bond donors (Lipinski definition) is 1. The number of aryl methyl sites for hydroxylation is 1. The van der Waals surface area contributed by atoms with Gasteiger partial charge in [-0.3, -0.25) is 4.90 Å². The quantitative estimate of drug-likeness (QED) is 0.761. The van der Waals surface area contributed by atoms with Crippen LogP contribution in [-0.4, -0.2) is 48.2 Å². The van der Waals surface area contributed by atoms with Gasteiger partial charge in [-0.2, -0.15) is 0 Å². The summed E-state index contributed by atoms with van der Waals surface area (Å²) in [6.07, 6.45) is 0.750. The van der Waals surface area contributed by atoms with Gasteiger partial charge in [0.05, 0.1) is 23.6 Å². The van der Waals surface area contributed by atoms with Gasteiger partial charge in [0, 0.05) is 0 Å². The zero-order valence-corrected chi connectivity index (χ0v) is 11.3. The van der Waals surface area contributed by atoms with Crippen molar-refractivity contribution in [2.75, 3.05) is 16.4 Å². The van der Waals surface area contributed by atoms with E-state index in [9.17, 15) is 13.2 Å². The summed E-state index contributed by atoms with van der Waals surface area (Å²) < 4.78 is 23.2. The van der Waals surface area contributed by atoms with Crippen molar-refractivity contribution in [3.63, 3.8) is 0 Å². The third kappa shape index (κ3) is 1.77. The smallest absolute Gasteiger partial charge is 0.324 e. The number of aromatic nitrogens is 2. The standard InChI is InChI=1S/C9H12N4O3S2/c1-2-7-11-12-9(17-7)13-6-4-18(15,16)3-5(6)10-8(13)14/h5-6H,2-4H2,1H3,(H,10,14)/t5-,6-/m0/s1. The van der Waals surface area contributed by atoms with E-state index in [0.29, 0.717) is 5.13 Å². The number of nitrogens with zero attached hydrogens (tertiary/aromatic N) is 3. The predicted molar refractivity (Wildman–Crippen MR) is 66.5 cm³/mol. The van der Waals surface area contributed by atoms with Gasteiger partial charge in [0.2, 0.25) is 5.13 Å². The van der Waals surface area contributed by atoms with E-state index < -0.39 is 9.84 Å². The monoisotopic (exact) mass is 288 g/mol. The molecule has 0 unspecified atom stereocenters. The molecular formula is C9H12N4O3S2. The highest BCUT2D eigenvalue weighted by Gasteiger charge is 2.50. The van der Waals surface area contributed by atoms with Gasteiger partial charge in [0.1, 0.15) is 5.01 Å². The van der Waals surface area contributed by atoms with Gasteiger partial charge in [-0.1, -0.05) is 18.3 Å². The van der Waals surface area contributed by atoms with Crippen molar-refractivity contribution in [3.05, 3.63) is 5.01 Å². The summed E-state index contributed by atoms with van der Waals surface area (Å²) in [5.74, 6) is 0.0107. The molecular weight excluding hydrogens is 276 g/mol. The molecule has 3 heterocycles. The first-order valence-electron chi connectivity index (χ1n) is 5.62.